The third-order valence-corrected chi connectivity index (χ3v) is 3.38. The Hall–Kier alpha value is -1.33. The molecular formula is C12H12BrClN4. The van der Waals surface area contributed by atoms with E-state index < -0.39 is 0 Å². The van der Waals surface area contributed by atoms with Gasteiger partial charge in [-0.1, -0.05) is 39.7 Å². The Bertz CT molecular complexity index is 544. The first kappa shape index (κ1) is 13.1. The van der Waals surface area contributed by atoms with Gasteiger partial charge in [0.1, 0.15) is 17.2 Å². The van der Waals surface area contributed by atoms with Gasteiger partial charge in [0.05, 0.1) is 0 Å². The smallest absolute Gasteiger partial charge is 0.153 e. The largest absolute Gasteiger partial charge is 0.382 e. The number of nitrogens with two attached hydrogens (primary N) is 1. The number of nitrogen functional groups attached to an aromatic ring is 1. The van der Waals surface area contributed by atoms with Crippen molar-refractivity contribution in [2.24, 2.45) is 0 Å². The molecule has 1 aromatic carbocycles. The molecule has 0 saturated carbocycles. The second-order valence-corrected chi connectivity index (χ2v) is 5.17. The average molecular weight is 328 g/mol. The molecule has 0 aliphatic heterocycles. The summed E-state index contributed by atoms with van der Waals surface area (Å²) in [4.78, 5) is 9.92. The molecule has 0 atom stereocenters. The van der Waals surface area contributed by atoms with Crippen molar-refractivity contribution in [3.05, 3.63) is 45.7 Å². The summed E-state index contributed by atoms with van der Waals surface area (Å²) in [5, 5.41) is 0.386. The highest BCUT2D eigenvalue weighted by Gasteiger charge is 2.11. The van der Waals surface area contributed by atoms with Gasteiger partial charge in [0.15, 0.2) is 5.82 Å². The summed E-state index contributed by atoms with van der Waals surface area (Å²) in [6.45, 7) is 0.698. The van der Waals surface area contributed by atoms with Gasteiger partial charge in [-0.3, -0.25) is 0 Å². The Morgan fingerprint density at radius 1 is 1.28 bits per heavy atom. The molecule has 0 fully saturated rings. The summed E-state index contributed by atoms with van der Waals surface area (Å²) in [7, 11) is 1.91. The molecule has 2 aromatic rings. The van der Waals surface area contributed by atoms with Gasteiger partial charge in [-0.25, -0.2) is 9.97 Å². The van der Waals surface area contributed by atoms with Crippen LogP contribution in [0.1, 0.15) is 5.56 Å². The summed E-state index contributed by atoms with van der Waals surface area (Å²) in [5.41, 5.74) is 6.82. The van der Waals surface area contributed by atoms with Crippen LogP contribution in [0.15, 0.2) is 35.1 Å². The minimum Gasteiger partial charge on any atom is -0.382 e. The van der Waals surface area contributed by atoms with Crippen LogP contribution in [-0.2, 0) is 6.54 Å². The van der Waals surface area contributed by atoms with Crippen LogP contribution in [0.4, 0.5) is 11.6 Å². The molecule has 94 valence electrons. The van der Waals surface area contributed by atoms with E-state index >= 15 is 0 Å². The maximum absolute atomic E-state index is 6.08. The van der Waals surface area contributed by atoms with Crippen LogP contribution < -0.4 is 10.6 Å². The lowest BCUT2D eigenvalue weighted by molar-refractivity contribution is 0.892. The lowest BCUT2D eigenvalue weighted by atomic mass is 10.2. The first-order valence-corrected chi connectivity index (χ1v) is 6.46. The lowest BCUT2D eigenvalue weighted by Gasteiger charge is -2.19. The molecule has 0 bridgehead atoms. The molecule has 1 heterocycles. The summed E-state index contributed by atoms with van der Waals surface area (Å²) in [5.74, 6) is 0.927. The quantitative estimate of drug-likeness (QED) is 0.941. The topological polar surface area (TPSA) is 55.0 Å². The van der Waals surface area contributed by atoms with Crippen molar-refractivity contribution in [3.8, 4) is 0 Å². The van der Waals surface area contributed by atoms with Crippen LogP contribution in [0.3, 0.4) is 0 Å². The van der Waals surface area contributed by atoms with Crippen LogP contribution in [0.5, 0.6) is 0 Å². The van der Waals surface area contributed by atoms with Crippen molar-refractivity contribution < 1.29 is 0 Å². The van der Waals surface area contributed by atoms with E-state index in [0.717, 1.165) is 10.0 Å². The standard InChI is InChI=1S/C12H12BrClN4/c1-18(6-8-2-4-9(13)5-3-8)12-10(14)11(15)16-7-17-12/h2-5,7H,6H2,1H3,(H2,15,16,17). The molecular weight excluding hydrogens is 316 g/mol. The van der Waals surface area contributed by atoms with Crippen molar-refractivity contribution in [2.75, 3.05) is 17.7 Å². The minimum absolute atomic E-state index is 0.296. The zero-order valence-corrected chi connectivity index (χ0v) is 12.1. The Morgan fingerprint density at radius 2 is 1.94 bits per heavy atom. The van der Waals surface area contributed by atoms with E-state index in [0.29, 0.717) is 23.2 Å². The van der Waals surface area contributed by atoms with Crippen LogP contribution in [-0.4, -0.2) is 17.0 Å². The summed E-state index contributed by atoms with van der Waals surface area (Å²) in [6, 6.07) is 8.08. The molecule has 18 heavy (non-hydrogen) atoms. The normalized spacial score (nSPS) is 10.4. The van der Waals surface area contributed by atoms with Gasteiger partial charge in [0.25, 0.3) is 0 Å². The van der Waals surface area contributed by atoms with Gasteiger partial charge >= 0.3 is 0 Å². The Kier molecular flexibility index (Phi) is 4.04. The van der Waals surface area contributed by atoms with Crippen molar-refractivity contribution in [1.29, 1.82) is 0 Å². The molecule has 0 aliphatic rings. The van der Waals surface area contributed by atoms with Crippen LogP contribution >= 0.6 is 27.5 Å². The summed E-state index contributed by atoms with van der Waals surface area (Å²) in [6.07, 6.45) is 1.41. The predicted octanol–water partition coefficient (Wildman–Crippen LogP) is 3.11. The first-order chi connectivity index (χ1) is 8.58. The zero-order valence-electron chi connectivity index (χ0n) is 9.77. The number of rotatable bonds is 3. The van der Waals surface area contributed by atoms with Crippen LogP contribution in [0, 0.1) is 0 Å². The molecule has 0 spiro atoms. The number of hydrogen-bond donors (Lipinski definition) is 1. The maximum atomic E-state index is 6.08. The third kappa shape index (κ3) is 2.91. The molecule has 1 aromatic heterocycles. The number of halogens is 2. The summed E-state index contributed by atoms with van der Waals surface area (Å²) < 4.78 is 1.05. The lowest BCUT2D eigenvalue weighted by Crippen LogP contribution is -2.18. The zero-order chi connectivity index (χ0) is 13.1. The van der Waals surface area contributed by atoms with Gasteiger partial charge < -0.3 is 10.6 Å². The van der Waals surface area contributed by atoms with Crippen molar-refractivity contribution in [1.82, 2.24) is 9.97 Å². The Balaban J connectivity index is 2.19. The SMILES string of the molecule is CN(Cc1ccc(Br)cc1)c1ncnc(N)c1Cl. The highest BCUT2D eigenvalue weighted by Crippen LogP contribution is 2.27. The van der Waals surface area contributed by atoms with Crippen LogP contribution in [0.2, 0.25) is 5.02 Å². The molecule has 0 unspecified atom stereocenters. The highest BCUT2D eigenvalue weighted by molar-refractivity contribution is 9.10. The third-order valence-electron chi connectivity index (χ3n) is 2.49. The fourth-order valence-electron chi connectivity index (χ4n) is 1.58. The molecule has 2 N–H and O–H groups in total. The molecule has 2 rings (SSSR count). The van der Waals surface area contributed by atoms with Crippen molar-refractivity contribution in [3.63, 3.8) is 0 Å². The fourth-order valence-corrected chi connectivity index (χ4v) is 2.08. The van der Waals surface area contributed by atoms with E-state index in [9.17, 15) is 0 Å². The number of anilines is 2. The molecule has 6 heteroatoms. The number of aromatic nitrogens is 2. The van der Waals surface area contributed by atoms with E-state index in [1.807, 2.05) is 36.2 Å². The van der Waals surface area contributed by atoms with Gasteiger partial charge in [-0.2, -0.15) is 0 Å². The van der Waals surface area contributed by atoms with Gasteiger partial charge in [-0.15, -0.1) is 0 Å². The molecule has 0 aliphatic carbocycles. The molecule has 4 nitrogen and oxygen atoms in total. The molecule has 0 radical (unpaired) electrons. The van der Waals surface area contributed by atoms with E-state index in [1.165, 1.54) is 6.33 Å². The van der Waals surface area contributed by atoms with Gasteiger partial charge in [0, 0.05) is 18.1 Å². The number of hydrogen-bond acceptors (Lipinski definition) is 4. The van der Waals surface area contributed by atoms with Crippen molar-refractivity contribution >= 4 is 39.2 Å². The first-order valence-electron chi connectivity index (χ1n) is 5.29. The van der Waals surface area contributed by atoms with E-state index in [1.54, 1.807) is 0 Å². The highest BCUT2D eigenvalue weighted by atomic mass is 79.9. The van der Waals surface area contributed by atoms with Gasteiger partial charge in [0.2, 0.25) is 0 Å². The molecule has 0 amide bonds. The van der Waals surface area contributed by atoms with E-state index in [2.05, 4.69) is 25.9 Å². The van der Waals surface area contributed by atoms with Crippen molar-refractivity contribution in [2.45, 2.75) is 6.54 Å². The van der Waals surface area contributed by atoms with E-state index in [4.69, 9.17) is 17.3 Å². The Morgan fingerprint density at radius 3 is 2.61 bits per heavy atom. The predicted molar refractivity (Wildman–Crippen MR) is 77.7 cm³/mol. The monoisotopic (exact) mass is 326 g/mol. The van der Waals surface area contributed by atoms with Gasteiger partial charge in [-0.05, 0) is 17.7 Å². The average Bonchev–Trinajstić information content (AvgIpc) is 2.35. The fraction of sp³-hybridized carbons (Fsp3) is 0.167. The second-order valence-electron chi connectivity index (χ2n) is 3.88. The minimum atomic E-state index is 0.296. The summed E-state index contributed by atoms with van der Waals surface area (Å²) >= 11 is 9.49. The second kappa shape index (κ2) is 5.54. The Labute approximate surface area is 119 Å². The number of nitrogens with zero attached hydrogens (tertiary/aromatic N) is 3. The maximum Gasteiger partial charge on any atom is 0.153 e. The van der Waals surface area contributed by atoms with Crippen LogP contribution in [0.25, 0.3) is 0 Å². The molecule has 0 saturated heterocycles. The number of benzene rings is 1. The van der Waals surface area contributed by atoms with E-state index in [-0.39, 0.29) is 0 Å².